The van der Waals surface area contributed by atoms with E-state index >= 15 is 0 Å². The van der Waals surface area contributed by atoms with Gasteiger partial charge < -0.3 is 0 Å². The zero-order valence-corrected chi connectivity index (χ0v) is 7.81. The second kappa shape index (κ2) is 4.19. The number of carbonyl (C=O) groups excluding carboxylic acids is 1. The highest BCUT2D eigenvalue weighted by Gasteiger charge is 2.07. The maximum atomic E-state index is 13.1. The first-order valence-electron chi connectivity index (χ1n) is 3.73. The van der Waals surface area contributed by atoms with Crippen LogP contribution in [-0.2, 0) is 4.79 Å². The monoisotopic (exact) mass is 198 g/mol. The highest BCUT2D eigenvalue weighted by atomic mass is 35.5. The molecule has 0 unspecified atom stereocenters. The van der Waals surface area contributed by atoms with Crippen LogP contribution in [0.3, 0.4) is 0 Å². The molecule has 13 heavy (non-hydrogen) atoms. The molecule has 1 nitrogen and oxygen atoms in total. The lowest BCUT2D eigenvalue weighted by atomic mass is 10.1. The van der Waals surface area contributed by atoms with Crippen molar-refractivity contribution in [3.8, 4) is 0 Å². The Morgan fingerprint density at radius 1 is 1.46 bits per heavy atom. The molecule has 0 spiro atoms. The molecular weight excluding hydrogens is 191 g/mol. The quantitative estimate of drug-likeness (QED) is 0.528. The molecule has 0 bridgehead atoms. The van der Waals surface area contributed by atoms with Gasteiger partial charge in [-0.25, -0.2) is 4.39 Å². The summed E-state index contributed by atoms with van der Waals surface area (Å²) in [5.41, 5.74) is 0.435. The van der Waals surface area contributed by atoms with Crippen LogP contribution in [0.2, 0.25) is 0 Å². The van der Waals surface area contributed by atoms with Gasteiger partial charge in [-0.3, -0.25) is 4.79 Å². The van der Waals surface area contributed by atoms with Gasteiger partial charge in [-0.2, -0.15) is 0 Å². The summed E-state index contributed by atoms with van der Waals surface area (Å²) in [7, 11) is 0. The van der Waals surface area contributed by atoms with Gasteiger partial charge in [0.1, 0.15) is 5.82 Å². The van der Waals surface area contributed by atoms with E-state index in [-0.39, 0.29) is 11.1 Å². The van der Waals surface area contributed by atoms with Gasteiger partial charge in [-0.05, 0) is 13.0 Å². The third-order valence-electron chi connectivity index (χ3n) is 1.65. The van der Waals surface area contributed by atoms with Crippen LogP contribution < -0.4 is 0 Å². The number of allylic oxidation sites excluding steroid dienone is 2. The number of hydrogen-bond donors (Lipinski definition) is 0. The molecule has 0 radical (unpaired) electrons. The Morgan fingerprint density at radius 2 is 2.08 bits per heavy atom. The highest BCUT2D eigenvalue weighted by Crippen LogP contribution is 2.21. The van der Waals surface area contributed by atoms with E-state index in [1.165, 1.54) is 12.1 Å². The van der Waals surface area contributed by atoms with Gasteiger partial charge in [0, 0.05) is 16.2 Å². The van der Waals surface area contributed by atoms with Gasteiger partial charge in [-0.1, -0.05) is 29.8 Å². The molecule has 68 valence electrons. The van der Waals surface area contributed by atoms with Crippen molar-refractivity contribution >= 4 is 23.5 Å². The van der Waals surface area contributed by atoms with Gasteiger partial charge in [0.05, 0.1) is 0 Å². The molecule has 0 atom stereocenters. The summed E-state index contributed by atoms with van der Waals surface area (Å²) in [5, 5.41) is 0.292. The Labute approximate surface area is 80.8 Å². The minimum Gasteiger partial charge on any atom is -0.298 e. The number of aldehydes is 1. The molecule has 0 heterocycles. The third kappa shape index (κ3) is 2.16. The Kier molecular flexibility index (Phi) is 3.20. The van der Waals surface area contributed by atoms with Gasteiger partial charge in [-0.15, -0.1) is 0 Å². The van der Waals surface area contributed by atoms with Gasteiger partial charge in [0.15, 0.2) is 6.29 Å². The summed E-state index contributed by atoms with van der Waals surface area (Å²) in [5.74, 6) is -0.440. The zero-order chi connectivity index (χ0) is 9.84. The molecule has 3 heteroatoms. The Hall–Kier alpha value is -1.15. The summed E-state index contributed by atoms with van der Waals surface area (Å²) in [6, 6.07) is 6.02. The minimum atomic E-state index is -0.440. The first kappa shape index (κ1) is 9.93. The zero-order valence-electron chi connectivity index (χ0n) is 7.05. The lowest BCUT2D eigenvalue weighted by molar-refractivity contribution is -0.103. The maximum absolute atomic E-state index is 13.1. The maximum Gasteiger partial charge on any atom is 0.151 e. The van der Waals surface area contributed by atoms with Crippen molar-refractivity contribution in [3.05, 3.63) is 40.7 Å². The second-order valence-corrected chi connectivity index (χ2v) is 3.11. The average Bonchev–Trinajstić information content (AvgIpc) is 2.09. The molecule has 0 saturated heterocycles. The largest absolute Gasteiger partial charge is 0.298 e. The predicted octanol–water partition coefficient (Wildman–Crippen LogP) is 2.99. The molecule has 0 amide bonds. The molecule has 0 aliphatic heterocycles. The van der Waals surface area contributed by atoms with Gasteiger partial charge in [0.25, 0.3) is 0 Å². The van der Waals surface area contributed by atoms with Crippen LogP contribution in [0.4, 0.5) is 4.39 Å². The second-order valence-electron chi connectivity index (χ2n) is 2.54. The molecule has 0 fully saturated rings. The fraction of sp³-hybridized carbons (Fsp3) is 0.100. The molecule has 0 N–H and O–H groups in total. The van der Waals surface area contributed by atoms with E-state index in [2.05, 4.69) is 0 Å². The fourth-order valence-corrected chi connectivity index (χ4v) is 1.16. The number of halogens is 2. The van der Waals surface area contributed by atoms with Gasteiger partial charge in [0.2, 0.25) is 0 Å². The van der Waals surface area contributed by atoms with Crippen molar-refractivity contribution < 1.29 is 9.18 Å². The van der Waals surface area contributed by atoms with Crippen LogP contribution in [-0.4, -0.2) is 6.29 Å². The number of hydrogen-bond acceptors (Lipinski definition) is 1. The summed E-state index contributed by atoms with van der Waals surface area (Å²) in [6.45, 7) is 1.55. The molecule has 0 aliphatic rings. The summed E-state index contributed by atoms with van der Waals surface area (Å²) in [6.07, 6.45) is 0.556. The van der Waals surface area contributed by atoms with Crippen molar-refractivity contribution in [2.45, 2.75) is 6.92 Å². The standard InChI is InChI=1S/C10H8ClFO/c1-7(11)9(6-13)8-4-2-3-5-10(8)12/h2-6H,1H3/b9-7+. The Balaban J connectivity index is 3.29. The molecule has 0 saturated carbocycles. The third-order valence-corrected chi connectivity index (χ3v) is 1.86. The van der Waals surface area contributed by atoms with Crippen molar-refractivity contribution in [1.82, 2.24) is 0 Å². The van der Waals surface area contributed by atoms with E-state index in [1.54, 1.807) is 19.1 Å². The lowest BCUT2D eigenvalue weighted by Gasteiger charge is -2.02. The van der Waals surface area contributed by atoms with Crippen LogP contribution in [0.1, 0.15) is 12.5 Å². The smallest absolute Gasteiger partial charge is 0.151 e. The molecule has 0 aromatic heterocycles. The predicted molar refractivity (Wildman–Crippen MR) is 50.9 cm³/mol. The van der Waals surface area contributed by atoms with Crippen LogP contribution in [0.15, 0.2) is 29.3 Å². The SMILES string of the molecule is C/C(Cl)=C(/C=O)c1ccccc1F. The molecular formula is C10H8ClFO. The van der Waals surface area contributed by atoms with Crippen molar-refractivity contribution in [2.24, 2.45) is 0 Å². The van der Waals surface area contributed by atoms with Crippen LogP contribution in [0.5, 0.6) is 0 Å². The van der Waals surface area contributed by atoms with E-state index in [0.717, 1.165) is 0 Å². The normalized spacial score (nSPS) is 12.2. The molecule has 0 aliphatic carbocycles. The summed E-state index contributed by atoms with van der Waals surface area (Å²) >= 11 is 5.63. The number of carbonyl (C=O) groups is 1. The van der Waals surface area contributed by atoms with Crippen molar-refractivity contribution in [2.75, 3.05) is 0 Å². The molecule has 1 rings (SSSR count). The number of benzene rings is 1. The van der Waals surface area contributed by atoms with Crippen molar-refractivity contribution in [1.29, 1.82) is 0 Å². The molecule has 1 aromatic carbocycles. The minimum absolute atomic E-state index is 0.194. The van der Waals surface area contributed by atoms with E-state index < -0.39 is 5.82 Å². The topological polar surface area (TPSA) is 17.1 Å². The van der Waals surface area contributed by atoms with Crippen LogP contribution in [0, 0.1) is 5.82 Å². The van der Waals surface area contributed by atoms with Crippen LogP contribution in [0.25, 0.3) is 5.57 Å². The van der Waals surface area contributed by atoms with Gasteiger partial charge >= 0.3 is 0 Å². The van der Waals surface area contributed by atoms with E-state index in [4.69, 9.17) is 11.6 Å². The lowest BCUT2D eigenvalue weighted by Crippen LogP contribution is -1.91. The average molecular weight is 199 g/mol. The first-order valence-corrected chi connectivity index (χ1v) is 4.11. The summed E-state index contributed by atoms with van der Waals surface area (Å²) in [4.78, 5) is 10.6. The van der Waals surface area contributed by atoms with E-state index in [9.17, 15) is 9.18 Å². The van der Waals surface area contributed by atoms with E-state index in [1.807, 2.05) is 0 Å². The van der Waals surface area contributed by atoms with Crippen LogP contribution >= 0.6 is 11.6 Å². The summed E-state index contributed by atoms with van der Waals surface area (Å²) < 4.78 is 13.1. The van der Waals surface area contributed by atoms with Crippen molar-refractivity contribution in [3.63, 3.8) is 0 Å². The van der Waals surface area contributed by atoms with E-state index in [0.29, 0.717) is 11.3 Å². The number of rotatable bonds is 2. The fourth-order valence-electron chi connectivity index (χ4n) is 1.01. The first-order chi connectivity index (χ1) is 6.16. The molecule has 1 aromatic rings. The highest BCUT2D eigenvalue weighted by molar-refractivity contribution is 6.36. The Morgan fingerprint density at radius 3 is 2.54 bits per heavy atom. The Bertz CT molecular complexity index is 354.